The molecule has 1 aliphatic carbocycles. The quantitative estimate of drug-likeness (QED) is 0.00906. The van der Waals surface area contributed by atoms with E-state index in [0.717, 1.165) is 38.1 Å². The van der Waals surface area contributed by atoms with E-state index in [1.807, 2.05) is 98.2 Å². The summed E-state index contributed by atoms with van der Waals surface area (Å²) in [6, 6.07) is 9.54. The normalized spacial score (nSPS) is 26.3. The summed E-state index contributed by atoms with van der Waals surface area (Å²) in [5, 5.41) is 57.8. The van der Waals surface area contributed by atoms with Crippen LogP contribution >= 0.6 is 0 Å². The number of esters is 1. The van der Waals surface area contributed by atoms with E-state index < -0.39 is 124 Å². The standard InChI is InChI=1S/C95H142N12O26S/c1-61-16-12-11-13-17-62(2)79(120-9)56-72-24-19-66(6)95(117,133-72)88(113)91(114)106-31-15-14-18-75(106)92(115)130-80(57-76(108)63(3)51-65(5)86(111)87(112)85(110)64(4)50-61)73(96)53-67-21-25-78(81(54-67)121-10)132-94(116)99-29-34-123-36-38-125-40-42-127-44-46-129-48-47-128-45-43-126-41-39-124-37-35-122-33-28-82(109)98-30-49-134(118,119)105-32-27-69-52-68(20-22-71(69)59-105)58-107-90-83(89(104(7)8)100-60-101-90)84(103-107)70-23-26-77-74(55-70)102-93(97)131-77/h11-13,16-17,20,22-23,26,51-52,55,60-61,63-64,66-67,72-73,75-76,78-81,86-87,108,111-112,117H,14-15,18-19,21,24-25,27-50,53-54,56-59,96H2,1-10H3,(H2,97,102)(H,98,109)(H,99,116)/b13-11?,16-12+,62-17?,65-51+/t61-,63-,64-,66-,67+,72+,73-,75+,76-,78-,79+,80+,81-,86-,87+,95-/m1/s1. The monoisotopic (exact) mass is 1900 g/mol. The Morgan fingerprint density at radius 1 is 0.709 bits per heavy atom. The number of sulfonamides is 1. The maximum absolute atomic E-state index is 14.7. The third-order valence-electron chi connectivity index (χ3n) is 25.3. The molecule has 0 spiro atoms. The van der Waals surface area contributed by atoms with Crippen molar-refractivity contribution in [1.29, 1.82) is 0 Å². The summed E-state index contributed by atoms with van der Waals surface area (Å²) in [5.41, 5.74) is 20.2. The van der Waals surface area contributed by atoms with Gasteiger partial charge in [0.2, 0.25) is 21.7 Å². The molecule has 10 rings (SSSR count). The molecule has 16 atom stereocenters. The number of methoxy groups -OCH3 is 2. The number of amides is 3. The van der Waals surface area contributed by atoms with Crippen LogP contribution in [0.2, 0.25) is 0 Å². The van der Waals surface area contributed by atoms with Crippen molar-refractivity contribution in [3.05, 3.63) is 107 Å². The number of nitrogens with two attached hydrogens (primary N) is 2. The number of nitrogen functional groups attached to an aromatic ring is 1. The van der Waals surface area contributed by atoms with Crippen LogP contribution < -0.4 is 27.0 Å². The number of carbonyl (C=O) groups is 6. The van der Waals surface area contributed by atoms with Crippen LogP contribution in [0.3, 0.4) is 0 Å². The van der Waals surface area contributed by atoms with Crippen LogP contribution in [0.5, 0.6) is 0 Å². The van der Waals surface area contributed by atoms with Crippen molar-refractivity contribution in [2.24, 2.45) is 35.3 Å². The molecule has 1 saturated carbocycles. The van der Waals surface area contributed by atoms with Gasteiger partial charge in [-0.3, -0.25) is 19.2 Å². The van der Waals surface area contributed by atoms with Crippen LogP contribution in [-0.2, 0) is 115 Å². The lowest BCUT2D eigenvalue weighted by atomic mass is 9.80. The molecule has 2 saturated heterocycles. The number of fused-ring (bicyclic) bond motifs is 6. The Morgan fingerprint density at radius 2 is 1.38 bits per heavy atom. The fourth-order valence-electron chi connectivity index (χ4n) is 17.5. The fraction of sp³-hybridized carbons (Fsp3) is 0.663. The SMILES string of the molecule is CO[C@H]1C[C@@H]2CC[C@@H](C)[C@@](O)(O2)C(=O)C(=O)N2CCCC[C@H]2C(=O)O[C@H]([C@H](N)C[C@@H]2CC[C@@H](OC(=O)NCCOCCOCCOCCOCCOCCOCCOCCOCCC(=O)NCCS(=O)(=O)N3CCc4cc(Cn5nc(-c6ccc7oc(N)nc7c6)c6c(N(C)C)ncnc65)ccc4C3)[C@H](OC)C2)C[C@@H](O)[C@H](C)/C=C(\C)[C@@H](O)[C@@H](O)C(=O)[C@H](C)C[C@H](C)/C=C/C=CC=C1C. The Balaban J connectivity index is 0.534. The Morgan fingerprint density at radius 3 is 2.04 bits per heavy atom. The number of rotatable bonds is 41. The van der Waals surface area contributed by atoms with E-state index >= 15 is 0 Å². The van der Waals surface area contributed by atoms with Crippen molar-refractivity contribution < 1.29 is 124 Å². The Bertz CT molecular complexity index is 4840. The number of nitrogens with one attached hydrogen (secondary N) is 2. The molecule has 4 aliphatic heterocycles. The number of allylic oxidation sites excluding steroid dienone is 5. The van der Waals surface area contributed by atoms with Crippen LogP contribution in [0.4, 0.5) is 16.6 Å². The average molecular weight is 1900 g/mol. The molecule has 3 aromatic heterocycles. The van der Waals surface area contributed by atoms with E-state index in [1.54, 1.807) is 40.9 Å². The number of aromatic nitrogens is 5. The summed E-state index contributed by atoms with van der Waals surface area (Å²) in [6.45, 7) is 16.6. The first kappa shape index (κ1) is 107. The lowest BCUT2D eigenvalue weighted by Crippen LogP contribution is -2.61. The second-order valence-electron chi connectivity index (χ2n) is 35.6. The number of nitrogens with zero attached hydrogens (tertiary/aromatic N) is 8. The summed E-state index contributed by atoms with van der Waals surface area (Å²) in [6.07, 6.45) is 8.27. The van der Waals surface area contributed by atoms with Crippen LogP contribution in [0.25, 0.3) is 33.4 Å². The smallest absolute Gasteiger partial charge is 0.407 e. The number of anilines is 2. The first-order valence-electron chi connectivity index (χ1n) is 46.9. The zero-order valence-electron chi connectivity index (χ0n) is 79.2. The predicted octanol–water partition coefficient (Wildman–Crippen LogP) is 6.41. The van der Waals surface area contributed by atoms with Crippen molar-refractivity contribution >= 4 is 79.4 Å². The lowest BCUT2D eigenvalue weighted by molar-refractivity contribution is -0.265. The third kappa shape index (κ3) is 31.7. The second kappa shape index (κ2) is 53.9. The summed E-state index contributed by atoms with van der Waals surface area (Å²) < 4.78 is 111. The van der Waals surface area contributed by atoms with Gasteiger partial charge in [0.05, 0.1) is 148 Å². The van der Waals surface area contributed by atoms with Crippen molar-refractivity contribution in [3.63, 3.8) is 0 Å². The molecule has 134 heavy (non-hydrogen) atoms. The number of carbonyl (C=O) groups excluding carboxylic acids is 6. The van der Waals surface area contributed by atoms with E-state index in [4.69, 9.17) is 82.6 Å². The first-order chi connectivity index (χ1) is 64.4. The van der Waals surface area contributed by atoms with Gasteiger partial charge in [0.15, 0.2) is 17.0 Å². The molecule has 5 aromatic rings. The molecule has 2 bridgehead atoms. The van der Waals surface area contributed by atoms with E-state index in [2.05, 4.69) is 31.7 Å². The number of benzene rings is 2. The Hall–Kier alpha value is -8.69. The van der Waals surface area contributed by atoms with Gasteiger partial charge in [-0.2, -0.15) is 14.4 Å². The van der Waals surface area contributed by atoms with Crippen molar-refractivity contribution in [3.8, 4) is 11.3 Å². The van der Waals surface area contributed by atoms with E-state index in [-0.39, 0.29) is 120 Å². The number of aliphatic hydroxyl groups excluding tert-OH is 3. The largest absolute Gasteiger partial charge is 0.459 e. The number of ether oxygens (including phenoxy) is 13. The minimum Gasteiger partial charge on any atom is -0.459 e. The topological polar surface area (TPSA) is 493 Å². The van der Waals surface area contributed by atoms with Crippen LogP contribution in [0.15, 0.2) is 94.7 Å². The minimum absolute atomic E-state index is 0.0111. The molecule has 0 unspecified atom stereocenters. The molecular weight excluding hydrogens is 1760 g/mol. The number of oxazole rings is 1. The summed E-state index contributed by atoms with van der Waals surface area (Å²) in [4.78, 5) is 99.4. The number of Topliss-reactive ketones (excluding diaryl/α,β-unsaturated/α-hetero) is 2. The van der Waals surface area contributed by atoms with Crippen molar-refractivity contribution in [2.45, 2.75) is 211 Å². The molecule has 39 heteroatoms. The number of ketones is 2. The third-order valence-corrected chi connectivity index (χ3v) is 27.1. The number of cyclic esters (lactones) is 1. The summed E-state index contributed by atoms with van der Waals surface area (Å²) in [7, 11) is 3.23. The zero-order valence-corrected chi connectivity index (χ0v) is 80.1. The molecule has 2 aromatic carbocycles. The highest BCUT2D eigenvalue weighted by atomic mass is 32.2. The van der Waals surface area contributed by atoms with E-state index in [0.29, 0.717) is 178 Å². The minimum atomic E-state index is -3.67. The van der Waals surface area contributed by atoms with Crippen LogP contribution in [0.1, 0.15) is 142 Å². The van der Waals surface area contributed by atoms with Gasteiger partial charge in [0, 0.05) is 110 Å². The second-order valence-corrected chi connectivity index (χ2v) is 37.7. The van der Waals surface area contributed by atoms with Gasteiger partial charge in [0.1, 0.15) is 53.8 Å². The maximum Gasteiger partial charge on any atom is 0.407 e. The first-order valence-corrected chi connectivity index (χ1v) is 48.5. The van der Waals surface area contributed by atoms with Gasteiger partial charge in [-0.15, -0.1) is 0 Å². The molecule has 10 N–H and O–H groups in total. The van der Waals surface area contributed by atoms with Gasteiger partial charge >= 0.3 is 12.1 Å². The Labute approximate surface area is 785 Å². The number of piperidine rings is 1. The molecule has 3 fully saturated rings. The summed E-state index contributed by atoms with van der Waals surface area (Å²) >= 11 is 0. The molecule has 38 nitrogen and oxygen atoms in total. The van der Waals surface area contributed by atoms with Gasteiger partial charge < -0.3 is 118 Å². The number of aliphatic hydroxyl groups is 4. The van der Waals surface area contributed by atoms with Gasteiger partial charge in [0.25, 0.3) is 17.7 Å². The lowest BCUT2D eigenvalue weighted by Gasteiger charge is -2.42. The van der Waals surface area contributed by atoms with Crippen LogP contribution in [-0.4, -0.2) is 331 Å². The summed E-state index contributed by atoms with van der Waals surface area (Å²) in [5.74, 6) is -8.37. The predicted molar refractivity (Wildman–Crippen MR) is 497 cm³/mol. The fourth-order valence-corrected chi connectivity index (χ4v) is 18.8. The number of hydrogen-bond acceptors (Lipinski definition) is 33. The highest BCUT2D eigenvalue weighted by Crippen LogP contribution is 2.40. The molecule has 7 heterocycles. The van der Waals surface area contributed by atoms with E-state index in [9.17, 15) is 57.6 Å². The van der Waals surface area contributed by atoms with Gasteiger partial charge in [-0.1, -0.05) is 82.4 Å². The average Bonchev–Trinajstić information content (AvgIpc) is 1.61. The highest BCUT2D eigenvalue weighted by molar-refractivity contribution is 7.89. The molecule has 744 valence electrons. The molecular formula is C95H142N12O26S. The highest BCUT2D eigenvalue weighted by Gasteiger charge is 2.53. The zero-order chi connectivity index (χ0) is 96.4. The van der Waals surface area contributed by atoms with Crippen molar-refractivity contribution in [2.75, 3.05) is 177 Å². The van der Waals surface area contributed by atoms with E-state index in [1.165, 1.54) is 17.7 Å². The molecule has 0 radical (unpaired) electrons. The van der Waals surface area contributed by atoms with Gasteiger partial charge in [-0.05, 0) is 142 Å². The van der Waals surface area contributed by atoms with Crippen molar-refractivity contribution in [1.82, 2.24) is 44.6 Å². The van der Waals surface area contributed by atoms with Crippen LogP contribution in [0, 0.1) is 29.6 Å². The number of hydrogen-bond donors (Lipinski definition) is 8. The van der Waals surface area contributed by atoms with Gasteiger partial charge in [-0.25, -0.2) is 32.7 Å². The number of alkyl carbamates (subject to hydrolysis) is 1. The molecule has 5 aliphatic rings. The maximum atomic E-state index is 14.7. The molecule has 3 amide bonds. The Kier molecular flexibility index (Phi) is 43.2.